The molecule has 2 aliphatic heterocycles. The average molecular weight is 805 g/mol. The van der Waals surface area contributed by atoms with Gasteiger partial charge in [0.15, 0.2) is 6.29 Å². The number of nitrogens with two attached hydrogens (primary N) is 1. The predicted octanol–water partition coefficient (Wildman–Crippen LogP) is 7.01. The Morgan fingerprint density at radius 1 is 0.638 bits per heavy atom. The molecule has 0 aromatic carbocycles. The molecule has 0 atom stereocenters. The van der Waals surface area contributed by atoms with Gasteiger partial charge in [-0.25, -0.2) is 14.8 Å². The first-order chi connectivity index (χ1) is 27.5. The Balaban J connectivity index is 0.000000256. The molecule has 3 aliphatic rings. The number of esters is 1. The van der Waals surface area contributed by atoms with Gasteiger partial charge in [-0.1, -0.05) is 39.5 Å². The molecule has 0 radical (unpaired) electrons. The molecule has 19 nitrogen and oxygen atoms in total. The smallest absolute Gasteiger partial charge is 0.356 e. The lowest BCUT2D eigenvalue weighted by Crippen LogP contribution is -2.18. The van der Waals surface area contributed by atoms with Crippen LogP contribution in [-0.4, -0.2) is 90.0 Å². The molecule has 0 spiro atoms. The van der Waals surface area contributed by atoms with Crippen LogP contribution in [0.3, 0.4) is 0 Å². The number of carbonyl (C=O) groups excluding carboxylic acids is 2. The van der Waals surface area contributed by atoms with Gasteiger partial charge in [-0.3, -0.25) is 54.9 Å². The maximum atomic E-state index is 10.8. The number of aldehydes is 1. The largest absolute Gasteiger partial charge is 0.464 e. The van der Waals surface area contributed by atoms with Gasteiger partial charge in [-0.05, 0) is 82.2 Å². The van der Waals surface area contributed by atoms with Crippen LogP contribution >= 0.6 is 0 Å². The van der Waals surface area contributed by atoms with Gasteiger partial charge >= 0.3 is 5.97 Å². The summed E-state index contributed by atoms with van der Waals surface area (Å²) in [5, 5.41) is 30.7. The molecule has 312 valence electrons. The van der Waals surface area contributed by atoms with Gasteiger partial charge in [-0.2, -0.15) is 0 Å². The van der Waals surface area contributed by atoms with E-state index in [2.05, 4.69) is 34.5 Å². The lowest BCUT2D eigenvalue weighted by Gasteiger charge is -2.13. The number of likely N-dealkylation sites (tertiary alicyclic amines) is 2. The van der Waals surface area contributed by atoms with Crippen molar-refractivity contribution in [1.29, 1.82) is 0 Å². The first-order valence-corrected chi connectivity index (χ1v) is 18.5. The standard InChI is InChI=1S/C10H13N3O2.C10H15N3.C7H6N2O4.C6H4N2O3.C5H10.CH4/c14-13(15)10-4-3-9(11-7-10)8-12-5-1-2-6-12;11-9-3-4-10(12-7-9)8-13-5-1-2-6-13;1-13-7(10)6-3-2-5(4-8-6)9(11)12;9-4-5-1-2-6(3-7-5)8(10)11;1-2-4-5-3-1;/h3-4,7H,1-2,5-6,8H2;3-4,7H,1-2,5-6,8,11H2;2-4H,1H3;1-4H;1-5H2;1H4. The zero-order valence-electron chi connectivity index (χ0n) is 31.9. The minimum atomic E-state index is -0.616. The molecule has 0 amide bonds. The molecule has 19 heteroatoms. The molecule has 2 saturated heterocycles. The molecule has 4 aromatic rings. The van der Waals surface area contributed by atoms with Crippen LogP contribution in [0.4, 0.5) is 22.7 Å². The SMILES string of the molecule is C.C1CCCC1.COC(=O)c1ccc([N+](=O)[O-])cn1.Nc1ccc(CN2CCCC2)nc1.O=Cc1ccc([N+](=O)[O-])cn1.O=[N+]([O-])c1ccc(CN2CCCC2)nc1. The fourth-order valence-corrected chi connectivity index (χ4v) is 5.67. The predicted molar refractivity (Wildman–Crippen MR) is 217 cm³/mol. The Morgan fingerprint density at radius 3 is 1.38 bits per heavy atom. The van der Waals surface area contributed by atoms with Gasteiger partial charge < -0.3 is 10.5 Å². The number of hydrogen-bond acceptors (Lipinski definition) is 16. The summed E-state index contributed by atoms with van der Waals surface area (Å²) in [5.74, 6) is -0.616. The number of nitrogens with zero attached hydrogens (tertiary/aromatic N) is 9. The van der Waals surface area contributed by atoms with Crippen molar-refractivity contribution < 1.29 is 29.1 Å². The van der Waals surface area contributed by atoms with Gasteiger partial charge in [-0.15, -0.1) is 0 Å². The third-order valence-electron chi connectivity index (χ3n) is 8.74. The molecule has 1 aliphatic carbocycles. The van der Waals surface area contributed by atoms with E-state index in [0.717, 1.165) is 55.6 Å². The van der Waals surface area contributed by atoms with Crippen LogP contribution in [0.5, 0.6) is 0 Å². The maximum absolute atomic E-state index is 10.8. The summed E-state index contributed by atoms with van der Waals surface area (Å²) in [4.78, 5) is 70.2. The fraction of sp³-hybridized carbons (Fsp3) is 0.436. The van der Waals surface area contributed by atoms with Crippen molar-refractivity contribution in [3.05, 3.63) is 126 Å². The molecular formula is C39H52N10O9. The van der Waals surface area contributed by atoms with Crippen molar-refractivity contribution in [3.8, 4) is 0 Å². The van der Waals surface area contributed by atoms with Crippen molar-refractivity contribution >= 4 is 35.0 Å². The molecule has 0 unspecified atom stereocenters. The highest BCUT2D eigenvalue weighted by molar-refractivity contribution is 5.87. The molecule has 4 aromatic heterocycles. The van der Waals surface area contributed by atoms with Crippen LogP contribution in [0.2, 0.25) is 0 Å². The lowest BCUT2D eigenvalue weighted by molar-refractivity contribution is -0.385. The molecule has 2 N–H and O–H groups in total. The minimum absolute atomic E-state index is 0. The number of methoxy groups -OCH3 is 1. The molecular weight excluding hydrogens is 752 g/mol. The Labute approximate surface area is 337 Å². The first-order valence-electron chi connectivity index (χ1n) is 18.5. The zero-order chi connectivity index (χ0) is 41.4. The van der Waals surface area contributed by atoms with E-state index in [4.69, 9.17) is 5.73 Å². The molecule has 1 saturated carbocycles. The van der Waals surface area contributed by atoms with Crippen LogP contribution < -0.4 is 5.73 Å². The van der Waals surface area contributed by atoms with E-state index >= 15 is 0 Å². The number of nitrogen functional groups attached to an aromatic ring is 1. The fourth-order valence-electron chi connectivity index (χ4n) is 5.67. The van der Waals surface area contributed by atoms with Crippen LogP contribution in [0.15, 0.2) is 73.3 Å². The summed E-state index contributed by atoms with van der Waals surface area (Å²) in [6, 6.07) is 12.1. The number of carbonyl (C=O) groups is 2. The van der Waals surface area contributed by atoms with Gasteiger partial charge in [0, 0.05) is 31.3 Å². The number of hydrogen-bond donors (Lipinski definition) is 1. The van der Waals surface area contributed by atoms with E-state index in [1.54, 1.807) is 12.3 Å². The van der Waals surface area contributed by atoms with E-state index in [1.165, 1.54) is 115 Å². The second-order valence-corrected chi connectivity index (χ2v) is 13.0. The number of anilines is 1. The van der Waals surface area contributed by atoms with Crippen LogP contribution in [0, 0.1) is 30.3 Å². The van der Waals surface area contributed by atoms with E-state index < -0.39 is 20.7 Å². The number of ether oxygens (including phenoxy) is 1. The van der Waals surface area contributed by atoms with Crippen molar-refractivity contribution in [2.75, 3.05) is 39.0 Å². The van der Waals surface area contributed by atoms with Crippen LogP contribution in [0.1, 0.15) is 97.6 Å². The monoisotopic (exact) mass is 804 g/mol. The maximum Gasteiger partial charge on any atom is 0.356 e. The quantitative estimate of drug-likeness (QED) is 0.0772. The second kappa shape index (κ2) is 26.5. The normalized spacial score (nSPS) is 14.2. The molecule has 7 rings (SSSR count). The van der Waals surface area contributed by atoms with Gasteiger partial charge in [0.2, 0.25) is 0 Å². The Morgan fingerprint density at radius 2 is 1.05 bits per heavy atom. The highest BCUT2D eigenvalue weighted by Crippen LogP contribution is 2.16. The van der Waals surface area contributed by atoms with Crippen molar-refractivity contribution in [3.63, 3.8) is 0 Å². The minimum Gasteiger partial charge on any atom is -0.464 e. The number of nitro groups is 3. The number of pyridine rings is 4. The highest BCUT2D eigenvalue weighted by Gasteiger charge is 2.14. The van der Waals surface area contributed by atoms with E-state index in [0.29, 0.717) is 6.29 Å². The van der Waals surface area contributed by atoms with Gasteiger partial charge in [0.25, 0.3) is 17.1 Å². The summed E-state index contributed by atoms with van der Waals surface area (Å²) in [6.07, 6.45) is 18.3. The van der Waals surface area contributed by atoms with E-state index in [1.807, 2.05) is 12.1 Å². The van der Waals surface area contributed by atoms with Gasteiger partial charge in [0.1, 0.15) is 30.0 Å². The van der Waals surface area contributed by atoms with Gasteiger partial charge in [0.05, 0.1) is 45.2 Å². The summed E-state index contributed by atoms with van der Waals surface area (Å²) in [7, 11) is 1.21. The first kappa shape index (κ1) is 47.8. The Bertz CT molecular complexity index is 1820. The molecule has 6 heterocycles. The molecule has 58 heavy (non-hydrogen) atoms. The summed E-state index contributed by atoms with van der Waals surface area (Å²) >= 11 is 0. The Kier molecular flexibility index (Phi) is 21.8. The highest BCUT2D eigenvalue weighted by atomic mass is 16.6. The van der Waals surface area contributed by atoms with Crippen molar-refractivity contribution in [2.45, 2.75) is 78.3 Å². The summed E-state index contributed by atoms with van der Waals surface area (Å²) in [6.45, 7) is 6.42. The summed E-state index contributed by atoms with van der Waals surface area (Å²) < 4.78 is 4.37. The Hall–Kier alpha value is -6.34. The third kappa shape index (κ3) is 18.1. The molecule has 0 bridgehead atoms. The number of aromatic nitrogens is 4. The third-order valence-corrected chi connectivity index (χ3v) is 8.74. The van der Waals surface area contributed by atoms with Crippen LogP contribution in [-0.2, 0) is 17.8 Å². The topological polar surface area (TPSA) is 257 Å². The second-order valence-electron chi connectivity index (χ2n) is 13.0. The summed E-state index contributed by atoms with van der Waals surface area (Å²) in [5.41, 5.74) is 8.35. The van der Waals surface area contributed by atoms with E-state index in [9.17, 15) is 39.9 Å². The molecule has 3 fully saturated rings. The van der Waals surface area contributed by atoms with Crippen molar-refractivity contribution in [2.24, 2.45) is 0 Å². The van der Waals surface area contributed by atoms with Crippen LogP contribution in [0.25, 0.3) is 0 Å². The van der Waals surface area contributed by atoms with E-state index in [-0.39, 0.29) is 35.9 Å². The number of rotatable bonds is 9. The zero-order valence-corrected chi connectivity index (χ0v) is 31.9. The van der Waals surface area contributed by atoms with Crippen molar-refractivity contribution in [1.82, 2.24) is 29.7 Å². The lowest BCUT2D eigenvalue weighted by atomic mass is 10.3. The average Bonchev–Trinajstić information content (AvgIpc) is 4.07.